The molecule has 4 nitrogen and oxygen atoms in total. The van der Waals surface area contributed by atoms with Crippen LogP contribution in [0.5, 0.6) is 5.75 Å². The summed E-state index contributed by atoms with van der Waals surface area (Å²) in [6.07, 6.45) is 0.398. The molecule has 0 aliphatic carbocycles. The Kier molecular flexibility index (Phi) is 6.03. The van der Waals surface area contributed by atoms with E-state index in [1.165, 1.54) is 19.2 Å². The minimum Gasteiger partial charge on any atom is -0.496 e. The van der Waals surface area contributed by atoms with Crippen molar-refractivity contribution in [3.8, 4) is 5.75 Å². The predicted molar refractivity (Wildman–Crippen MR) is 97.8 cm³/mol. The predicted octanol–water partition coefficient (Wildman–Crippen LogP) is 3.85. The van der Waals surface area contributed by atoms with Crippen molar-refractivity contribution >= 4 is 5.97 Å². The van der Waals surface area contributed by atoms with Crippen LogP contribution in [0.1, 0.15) is 31.4 Å². The highest BCUT2D eigenvalue weighted by molar-refractivity contribution is 5.77. The van der Waals surface area contributed by atoms with Gasteiger partial charge in [-0.3, -0.25) is 0 Å². The van der Waals surface area contributed by atoms with Gasteiger partial charge in [-0.1, -0.05) is 44.2 Å². The van der Waals surface area contributed by atoms with Crippen molar-refractivity contribution in [1.82, 2.24) is 0 Å². The highest BCUT2D eigenvalue weighted by Crippen LogP contribution is 2.36. The van der Waals surface area contributed by atoms with Gasteiger partial charge in [0.1, 0.15) is 11.6 Å². The first-order chi connectivity index (χ1) is 12.1. The van der Waals surface area contributed by atoms with Crippen LogP contribution < -0.4 is 4.74 Å². The second-order valence-electron chi connectivity index (χ2n) is 7.47. The first-order valence-electron chi connectivity index (χ1n) is 8.47. The molecule has 2 rings (SSSR count). The molecule has 140 valence electrons. The second kappa shape index (κ2) is 7.87. The molecule has 0 fully saturated rings. The van der Waals surface area contributed by atoms with Crippen molar-refractivity contribution in [3.63, 3.8) is 0 Å². The third kappa shape index (κ3) is 5.05. The fourth-order valence-corrected chi connectivity index (χ4v) is 3.40. The lowest BCUT2D eigenvalue weighted by atomic mass is 9.74. The number of ether oxygens (including phenoxy) is 1. The lowest BCUT2D eigenvalue weighted by Crippen LogP contribution is -2.45. The van der Waals surface area contributed by atoms with E-state index in [9.17, 15) is 19.4 Å². The molecule has 0 aliphatic rings. The molecule has 0 aromatic heterocycles. The molecule has 0 spiro atoms. The first-order valence-corrected chi connectivity index (χ1v) is 8.47. The van der Waals surface area contributed by atoms with E-state index in [1.807, 2.05) is 19.9 Å². The van der Waals surface area contributed by atoms with Gasteiger partial charge in [-0.2, -0.15) is 0 Å². The largest absolute Gasteiger partial charge is 0.496 e. The lowest BCUT2D eigenvalue weighted by molar-refractivity contribution is -0.162. The standard InChI is InChI=1S/C21H25FO4/c1-20(2,13-16-11-17(22)9-10-18(16)26-3)14-21(25,19(23)24)12-15-7-5-4-6-8-15/h4-11,25H,12-14H2,1-3H3,(H,23,24). The van der Waals surface area contributed by atoms with Crippen molar-refractivity contribution in [2.24, 2.45) is 5.41 Å². The van der Waals surface area contributed by atoms with Gasteiger partial charge in [-0.15, -0.1) is 0 Å². The van der Waals surface area contributed by atoms with Crippen LogP contribution in [0.25, 0.3) is 0 Å². The number of halogens is 1. The van der Waals surface area contributed by atoms with Gasteiger partial charge in [0.2, 0.25) is 0 Å². The summed E-state index contributed by atoms with van der Waals surface area (Å²) in [5.74, 6) is -1.10. The molecule has 0 heterocycles. The van der Waals surface area contributed by atoms with E-state index in [1.54, 1.807) is 30.3 Å². The zero-order valence-electron chi connectivity index (χ0n) is 15.3. The Morgan fingerprint density at radius 2 is 1.77 bits per heavy atom. The van der Waals surface area contributed by atoms with Crippen molar-refractivity contribution in [2.75, 3.05) is 7.11 Å². The number of hydrogen-bond donors (Lipinski definition) is 2. The van der Waals surface area contributed by atoms with Crippen LogP contribution >= 0.6 is 0 Å². The number of methoxy groups -OCH3 is 1. The van der Waals surface area contributed by atoms with Crippen LogP contribution in [0, 0.1) is 11.2 Å². The molecular weight excluding hydrogens is 335 g/mol. The van der Waals surface area contributed by atoms with Gasteiger partial charge in [0.05, 0.1) is 7.11 Å². The molecule has 1 atom stereocenters. The summed E-state index contributed by atoms with van der Waals surface area (Å²) in [6.45, 7) is 3.71. The van der Waals surface area contributed by atoms with E-state index in [0.29, 0.717) is 17.7 Å². The number of carboxylic acids is 1. The van der Waals surface area contributed by atoms with Gasteiger partial charge < -0.3 is 14.9 Å². The fraction of sp³-hybridized carbons (Fsp3) is 0.381. The molecule has 0 radical (unpaired) electrons. The normalized spacial score (nSPS) is 13.9. The van der Waals surface area contributed by atoms with E-state index in [2.05, 4.69) is 0 Å². The monoisotopic (exact) mass is 360 g/mol. The number of rotatable bonds is 8. The molecule has 26 heavy (non-hydrogen) atoms. The lowest BCUT2D eigenvalue weighted by Gasteiger charge is -2.34. The number of aliphatic carboxylic acids is 1. The van der Waals surface area contributed by atoms with E-state index < -0.39 is 17.0 Å². The van der Waals surface area contributed by atoms with Gasteiger partial charge in [-0.25, -0.2) is 9.18 Å². The highest BCUT2D eigenvalue weighted by Gasteiger charge is 2.41. The van der Waals surface area contributed by atoms with E-state index in [4.69, 9.17) is 4.74 Å². The van der Waals surface area contributed by atoms with Crippen LogP contribution in [-0.2, 0) is 17.6 Å². The Labute approximate surface area is 153 Å². The summed E-state index contributed by atoms with van der Waals surface area (Å²) in [5, 5.41) is 20.5. The third-order valence-electron chi connectivity index (χ3n) is 4.42. The summed E-state index contributed by atoms with van der Waals surface area (Å²) >= 11 is 0. The second-order valence-corrected chi connectivity index (χ2v) is 7.47. The maximum absolute atomic E-state index is 13.6. The molecular formula is C21H25FO4. The molecule has 0 bridgehead atoms. The van der Waals surface area contributed by atoms with Crippen LogP contribution in [0.2, 0.25) is 0 Å². The molecule has 0 amide bonds. The Hall–Kier alpha value is -2.40. The fourth-order valence-electron chi connectivity index (χ4n) is 3.40. The van der Waals surface area contributed by atoms with Crippen LogP contribution in [0.3, 0.4) is 0 Å². The summed E-state index contributed by atoms with van der Waals surface area (Å²) in [6, 6.07) is 13.3. The topological polar surface area (TPSA) is 66.8 Å². The Morgan fingerprint density at radius 3 is 2.35 bits per heavy atom. The quantitative estimate of drug-likeness (QED) is 0.750. The molecule has 0 aliphatic heterocycles. The SMILES string of the molecule is COc1ccc(F)cc1CC(C)(C)CC(O)(Cc1ccccc1)C(=O)O. The van der Waals surface area contributed by atoms with Crippen LogP contribution in [0.4, 0.5) is 4.39 Å². The van der Waals surface area contributed by atoms with Gasteiger partial charge in [-0.05, 0) is 47.6 Å². The maximum atomic E-state index is 13.6. The maximum Gasteiger partial charge on any atom is 0.336 e. The number of benzene rings is 2. The van der Waals surface area contributed by atoms with Crippen molar-refractivity contribution in [3.05, 3.63) is 65.5 Å². The summed E-state index contributed by atoms with van der Waals surface area (Å²) < 4.78 is 18.9. The van der Waals surface area contributed by atoms with Crippen molar-refractivity contribution in [1.29, 1.82) is 0 Å². The van der Waals surface area contributed by atoms with Gasteiger partial charge in [0.25, 0.3) is 0 Å². The molecule has 0 saturated heterocycles. The molecule has 2 aromatic rings. The Bertz CT molecular complexity index is 758. The van der Waals surface area contributed by atoms with Crippen molar-refractivity contribution < 1.29 is 24.1 Å². The number of carboxylic acid groups (broad SMARTS) is 1. The molecule has 1 unspecified atom stereocenters. The third-order valence-corrected chi connectivity index (χ3v) is 4.42. The van der Waals surface area contributed by atoms with E-state index >= 15 is 0 Å². The summed E-state index contributed by atoms with van der Waals surface area (Å²) in [5.41, 5.74) is -1.12. The zero-order chi connectivity index (χ0) is 19.4. The number of aliphatic hydroxyl groups is 1. The van der Waals surface area contributed by atoms with E-state index in [-0.39, 0.29) is 18.7 Å². The van der Waals surface area contributed by atoms with E-state index in [0.717, 1.165) is 5.56 Å². The smallest absolute Gasteiger partial charge is 0.336 e. The van der Waals surface area contributed by atoms with Crippen LogP contribution in [0.15, 0.2) is 48.5 Å². The average molecular weight is 360 g/mol. The van der Waals surface area contributed by atoms with Gasteiger partial charge in [0.15, 0.2) is 5.60 Å². The Morgan fingerprint density at radius 1 is 1.12 bits per heavy atom. The minimum absolute atomic E-state index is 0.00683. The average Bonchev–Trinajstić information content (AvgIpc) is 2.54. The summed E-state index contributed by atoms with van der Waals surface area (Å²) in [7, 11) is 1.51. The molecule has 5 heteroatoms. The molecule has 2 N–H and O–H groups in total. The van der Waals surface area contributed by atoms with Crippen LogP contribution in [-0.4, -0.2) is 28.9 Å². The molecule has 0 saturated carbocycles. The zero-order valence-corrected chi connectivity index (χ0v) is 15.3. The summed E-state index contributed by atoms with van der Waals surface area (Å²) in [4.78, 5) is 11.8. The number of carbonyl (C=O) groups is 1. The highest BCUT2D eigenvalue weighted by atomic mass is 19.1. The number of hydrogen-bond acceptors (Lipinski definition) is 3. The van der Waals surface area contributed by atoms with Gasteiger partial charge >= 0.3 is 5.97 Å². The van der Waals surface area contributed by atoms with Crippen molar-refractivity contribution in [2.45, 2.75) is 38.7 Å². The van der Waals surface area contributed by atoms with Gasteiger partial charge in [0, 0.05) is 6.42 Å². The molecule has 2 aromatic carbocycles. The first kappa shape index (κ1) is 19.9. The Balaban J connectivity index is 2.24. The minimum atomic E-state index is -1.91.